The van der Waals surface area contributed by atoms with E-state index in [0.29, 0.717) is 18.3 Å². The summed E-state index contributed by atoms with van der Waals surface area (Å²) in [5.74, 6) is 2.68. The third-order valence-corrected chi connectivity index (χ3v) is 3.68. The van der Waals surface area contributed by atoms with Crippen LogP contribution in [0.5, 0.6) is 11.5 Å². The molecular weight excluding hydrogens is 292 g/mol. The zero-order valence-corrected chi connectivity index (χ0v) is 12.5. The number of fused-ring (bicyclic) bond motifs is 1. The zero-order chi connectivity index (χ0) is 15.6. The van der Waals surface area contributed by atoms with E-state index >= 15 is 0 Å². The highest BCUT2D eigenvalue weighted by atomic mass is 16.5. The molecule has 2 aromatic carbocycles. The lowest BCUT2D eigenvalue weighted by molar-refractivity contribution is 0.363. The summed E-state index contributed by atoms with van der Waals surface area (Å²) >= 11 is 0. The van der Waals surface area contributed by atoms with Gasteiger partial charge in [0.25, 0.3) is 5.89 Å². The summed E-state index contributed by atoms with van der Waals surface area (Å²) in [4.78, 5) is 4.47. The molecule has 0 spiro atoms. The van der Waals surface area contributed by atoms with Gasteiger partial charge in [-0.3, -0.25) is 0 Å². The Bertz CT molecular complexity index is 866. The third-order valence-electron chi connectivity index (χ3n) is 3.68. The van der Waals surface area contributed by atoms with Gasteiger partial charge in [0.1, 0.15) is 18.1 Å². The van der Waals surface area contributed by atoms with Crippen LogP contribution in [0.4, 0.5) is 0 Å². The van der Waals surface area contributed by atoms with Crippen LogP contribution < -0.4 is 9.47 Å². The van der Waals surface area contributed by atoms with Crippen LogP contribution in [0, 0.1) is 0 Å². The van der Waals surface area contributed by atoms with Crippen molar-refractivity contribution < 1.29 is 14.0 Å². The van der Waals surface area contributed by atoms with E-state index in [1.807, 2.05) is 54.6 Å². The number of rotatable bonds is 3. The average molecular weight is 306 g/mol. The molecule has 0 fully saturated rings. The number of hydrogen-bond donors (Lipinski definition) is 0. The highest BCUT2D eigenvalue weighted by molar-refractivity contribution is 5.83. The minimum absolute atomic E-state index is 0.429. The molecule has 0 saturated carbocycles. The molecule has 0 saturated heterocycles. The quantitative estimate of drug-likeness (QED) is 0.739. The van der Waals surface area contributed by atoms with Crippen molar-refractivity contribution in [3.63, 3.8) is 0 Å². The van der Waals surface area contributed by atoms with Gasteiger partial charge in [0, 0.05) is 16.7 Å². The molecule has 0 aliphatic carbocycles. The average Bonchev–Trinajstić information content (AvgIpc) is 3.11. The first-order valence-corrected chi connectivity index (χ1v) is 7.24. The molecule has 1 aliphatic rings. The second-order valence-electron chi connectivity index (χ2n) is 5.15. The Labute approximate surface area is 133 Å². The Morgan fingerprint density at radius 3 is 2.70 bits per heavy atom. The second kappa shape index (κ2) is 5.61. The van der Waals surface area contributed by atoms with Crippen molar-refractivity contribution in [2.75, 3.05) is 13.7 Å². The lowest BCUT2D eigenvalue weighted by Gasteiger charge is -2.15. The van der Waals surface area contributed by atoms with E-state index < -0.39 is 0 Å². The van der Waals surface area contributed by atoms with E-state index in [2.05, 4.69) is 10.1 Å². The number of aromatic nitrogens is 2. The number of nitrogens with zero attached hydrogens (tertiary/aromatic N) is 2. The molecule has 1 aliphatic heterocycles. The van der Waals surface area contributed by atoms with Crippen LogP contribution in [0.1, 0.15) is 11.4 Å². The highest BCUT2D eigenvalue weighted by Crippen LogP contribution is 2.30. The maximum Gasteiger partial charge on any atom is 0.258 e. The summed E-state index contributed by atoms with van der Waals surface area (Å²) in [6.45, 7) is 0.429. The largest absolute Gasteiger partial charge is 0.497 e. The molecule has 1 aromatic heterocycles. The predicted octanol–water partition coefficient (Wildman–Crippen LogP) is 3.68. The first-order chi connectivity index (χ1) is 11.3. The predicted molar refractivity (Wildman–Crippen MR) is 86.1 cm³/mol. The number of benzene rings is 2. The van der Waals surface area contributed by atoms with Gasteiger partial charge in [-0.15, -0.1) is 0 Å². The van der Waals surface area contributed by atoms with Gasteiger partial charge in [0.05, 0.1) is 7.11 Å². The smallest absolute Gasteiger partial charge is 0.258 e. The Hall–Kier alpha value is -3.08. The Balaban J connectivity index is 1.64. The van der Waals surface area contributed by atoms with Crippen LogP contribution in [0.15, 0.2) is 53.1 Å². The second-order valence-corrected chi connectivity index (χ2v) is 5.15. The van der Waals surface area contributed by atoms with Gasteiger partial charge in [0.2, 0.25) is 5.82 Å². The maximum atomic E-state index is 5.73. The SMILES string of the molecule is COc1ccc(-c2nc(C3=Cc4ccccc4OC3)no2)cc1. The third kappa shape index (κ3) is 2.57. The molecule has 0 amide bonds. The van der Waals surface area contributed by atoms with Gasteiger partial charge in [-0.2, -0.15) is 4.98 Å². The summed E-state index contributed by atoms with van der Waals surface area (Å²) in [5.41, 5.74) is 2.76. The minimum Gasteiger partial charge on any atom is -0.497 e. The van der Waals surface area contributed by atoms with Crippen molar-refractivity contribution in [3.8, 4) is 23.0 Å². The van der Waals surface area contributed by atoms with Gasteiger partial charge < -0.3 is 14.0 Å². The van der Waals surface area contributed by atoms with Crippen molar-refractivity contribution in [2.24, 2.45) is 0 Å². The molecule has 2 heterocycles. The first-order valence-electron chi connectivity index (χ1n) is 7.24. The summed E-state index contributed by atoms with van der Waals surface area (Å²) in [6.07, 6.45) is 2.03. The van der Waals surface area contributed by atoms with E-state index in [1.165, 1.54) is 0 Å². The number of para-hydroxylation sites is 1. The van der Waals surface area contributed by atoms with E-state index in [9.17, 15) is 0 Å². The van der Waals surface area contributed by atoms with Gasteiger partial charge >= 0.3 is 0 Å². The van der Waals surface area contributed by atoms with Crippen molar-refractivity contribution >= 4 is 11.6 Å². The maximum absolute atomic E-state index is 5.73. The molecule has 0 unspecified atom stereocenters. The summed E-state index contributed by atoms with van der Waals surface area (Å²) < 4.78 is 16.2. The Morgan fingerprint density at radius 1 is 1.04 bits per heavy atom. The standard InChI is InChI=1S/C18H14N2O3/c1-21-15-8-6-12(7-9-15)18-19-17(20-23-18)14-10-13-4-2-3-5-16(13)22-11-14/h2-10H,11H2,1H3. The lowest BCUT2D eigenvalue weighted by atomic mass is 10.1. The normalized spacial score (nSPS) is 13.0. The zero-order valence-electron chi connectivity index (χ0n) is 12.5. The van der Waals surface area contributed by atoms with Crippen molar-refractivity contribution in [2.45, 2.75) is 0 Å². The number of ether oxygens (including phenoxy) is 2. The fourth-order valence-electron chi connectivity index (χ4n) is 2.45. The fourth-order valence-corrected chi connectivity index (χ4v) is 2.45. The van der Waals surface area contributed by atoms with E-state index in [0.717, 1.165) is 28.2 Å². The van der Waals surface area contributed by atoms with Crippen molar-refractivity contribution in [3.05, 3.63) is 59.9 Å². The molecule has 23 heavy (non-hydrogen) atoms. The molecule has 0 bridgehead atoms. The van der Waals surface area contributed by atoms with Crippen LogP contribution in [-0.2, 0) is 0 Å². The summed E-state index contributed by atoms with van der Waals surface area (Å²) in [5, 5.41) is 4.07. The molecule has 0 N–H and O–H groups in total. The fraction of sp³-hybridized carbons (Fsp3) is 0.111. The Morgan fingerprint density at radius 2 is 1.87 bits per heavy atom. The van der Waals surface area contributed by atoms with Gasteiger partial charge in [-0.05, 0) is 36.4 Å². The molecular formula is C18H14N2O3. The van der Waals surface area contributed by atoms with Gasteiger partial charge in [-0.25, -0.2) is 0 Å². The number of hydrogen-bond acceptors (Lipinski definition) is 5. The molecule has 0 radical (unpaired) electrons. The lowest BCUT2D eigenvalue weighted by Crippen LogP contribution is -2.07. The van der Waals surface area contributed by atoms with Crippen molar-refractivity contribution in [1.29, 1.82) is 0 Å². The molecule has 5 heteroatoms. The highest BCUT2D eigenvalue weighted by Gasteiger charge is 2.17. The summed E-state index contributed by atoms with van der Waals surface area (Å²) in [6, 6.07) is 15.4. The van der Waals surface area contributed by atoms with Crippen LogP contribution in [-0.4, -0.2) is 23.9 Å². The van der Waals surface area contributed by atoms with Gasteiger partial charge in [-0.1, -0.05) is 23.4 Å². The Kier molecular flexibility index (Phi) is 3.31. The molecule has 0 atom stereocenters. The van der Waals surface area contributed by atoms with Crippen LogP contribution >= 0.6 is 0 Å². The van der Waals surface area contributed by atoms with E-state index in [1.54, 1.807) is 7.11 Å². The molecule has 4 rings (SSSR count). The van der Waals surface area contributed by atoms with Crippen LogP contribution in [0.25, 0.3) is 23.1 Å². The molecule has 114 valence electrons. The van der Waals surface area contributed by atoms with Crippen molar-refractivity contribution in [1.82, 2.24) is 10.1 Å². The van der Waals surface area contributed by atoms with Crippen LogP contribution in [0.3, 0.4) is 0 Å². The first kappa shape index (κ1) is 13.6. The van der Waals surface area contributed by atoms with Gasteiger partial charge in [0.15, 0.2) is 0 Å². The molecule has 5 nitrogen and oxygen atoms in total. The summed E-state index contributed by atoms with van der Waals surface area (Å²) in [7, 11) is 1.63. The van der Waals surface area contributed by atoms with E-state index in [-0.39, 0.29) is 0 Å². The minimum atomic E-state index is 0.429. The molecule has 3 aromatic rings. The van der Waals surface area contributed by atoms with E-state index in [4.69, 9.17) is 14.0 Å². The van der Waals surface area contributed by atoms with Crippen LogP contribution in [0.2, 0.25) is 0 Å². The monoisotopic (exact) mass is 306 g/mol. The topological polar surface area (TPSA) is 57.4 Å². The number of methoxy groups -OCH3 is 1.